The molecule has 1 aliphatic heterocycles. The van der Waals surface area contributed by atoms with E-state index in [9.17, 15) is 0 Å². The maximum Gasteiger partial charge on any atom is 0.196 e. The second-order valence-corrected chi connectivity index (χ2v) is 7.85. The zero-order valence-corrected chi connectivity index (χ0v) is 15.9. The topological polar surface area (TPSA) is 42.7 Å². The number of morpholine rings is 1. The molecule has 2 aromatic heterocycles. The molecule has 5 nitrogen and oxygen atoms in total. The molecule has 1 aromatic carbocycles. The fourth-order valence-corrected chi connectivity index (χ4v) is 4.54. The number of benzene rings is 1. The third-order valence-electron chi connectivity index (χ3n) is 4.84. The van der Waals surface area contributed by atoms with Crippen LogP contribution in [0, 0.1) is 20.8 Å². The largest absolute Gasteiger partial charge is 0.379 e. The summed E-state index contributed by atoms with van der Waals surface area (Å²) in [5.41, 5.74) is 6.00. The number of thioether (sulfide) groups is 1. The Bertz CT molecular complexity index is 915. The summed E-state index contributed by atoms with van der Waals surface area (Å²) >= 11 is 1.79. The first-order chi connectivity index (χ1) is 12.1. The van der Waals surface area contributed by atoms with E-state index in [0.717, 1.165) is 49.4 Å². The average molecular weight is 356 g/mol. The predicted molar refractivity (Wildman–Crippen MR) is 103 cm³/mol. The highest BCUT2D eigenvalue weighted by Crippen LogP contribution is 2.29. The van der Waals surface area contributed by atoms with E-state index in [4.69, 9.17) is 4.74 Å². The first-order valence-electron chi connectivity index (χ1n) is 8.82. The standard InChI is InChI=1S/C19H24N4OS/c1-13-10-15(3)18-16(11-13)14(2)12-17-20-21-19(23(17)18)25-9-6-22-4-7-24-8-5-22/h10-12H,4-9H2,1-3H3. The number of rotatable bonds is 4. The second-order valence-electron chi connectivity index (χ2n) is 6.78. The molecule has 3 aromatic rings. The predicted octanol–water partition coefficient (Wildman–Crippen LogP) is 3.23. The first kappa shape index (κ1) is 16.8. The van der Waals surface area contributed by atoms with Crippen LogP contribution in [0.3, 0.4) is 0 Å². The Balaban J connectivity index is 1.66. The van der Waals surface area contributed by atoms with Crippen LogP contribution in [0.5, 0.6) is 0 Å². The van der Waals surface area contributed by atoms with E-state index >= 15 is 0 Å². The van der Waals surface area contributed by atoms with Crippen LogP contribution in [0.2, 0.25) is 0 Å². The quantitative estimate of drug-likeness (QED) is 0.672. The molecule has 0 amide bonds. The highest BCUT2D eigenvalue weighted by Gasteiger charge is 2.15. The normalized spacial score (nSPS) is 16.1. The Morgan fingerprint density at radius 2 is 1.84 bits per heavy atom. The Hall–Kier alpha value is -1.63. The van der Waals surface area contributed by atoms with Gasteiger partial charge < -0.3 is 4.74 Å². The van der Waals surface area contributed by atoms with Gasteiger partial charge in [0.25, 0.3) is 0 Å². The molecule has 0 atom stereocenters. The Morgan fingerprint density at radius 1 is 1.04 bits per heavy atom. The van der Waals surface area contributed by atoms with Crippen molar-refractivity contribution in [3.05, 3.63) is 34.9 Å². The molecule has 4 rings (SSSR count). The van der Waals surface area contributed by atoms with E-state index in [2.05, 4.69) is 58.5 Å². The summed E-state index contributed by atoms with van der Waals surface area (Å²) in [5.74, 6) is 1.01. The van der Waals surface area contributed by atoms with Crippen molar-refractivity contribution in [3.8, 4) is 0 Å². The molecule has 0 saturated carbocycles. The number of fused-ring (bicyclic) bond motifs is 3. The number of aromatic nitrogens is 3. The molecule has 0 bridgehead atoms. The molecule has 0 spiro atoms. The SMILES string of the molecule is Cc1cc(C)c2c(c1)c(C)cc1nnc(SCCN3CCOCC3)n12. The van der Waals surface area contributed by atoms with Crippen LogP contribution >= 0.6 is 11.8 Å². The molecule has 0 aliphatic carbocycles. The lowest BCUT2D eigenvalue weighted by molar-refractivity contribution is 0.0410. The van der Waals surface area contributed by atoms with Gasteiger partial charge in [0.15, 0.2) is 10.8 Å². The second kappa shape index (κ2) is 6.94. The van der Waals surface area contributed by atoms with Gasteiger partial charge in [-0.25, -0.2) is 0 Å². The van der Waals surface area contributed by atoms with Crippen molar-refractivity contribution in [3.63, 3.8) is 0 Å². The molecular weight excluding hydrogens is 332 g/mol. The highest BCUT2D eigenvalue weighted by molar-refractivity contribution is 7.99. The van der Waals surface area contributed by atoms with Crippen LogP contribution in [-0.2, 0) is 4.74 Å². The van der Waals surface area contributed by atoms with Crippen molar-refractivity contribution in [1.29, 1.82) is 0 Å². The lowest BCUT2D eigenvalue weighted by Gasteiger charge is -2.26. The fourth-order valence-electron chi connectivity index (χ4n) is 3.60. The molecule has 1 aliphatic rings. The third-order valence-corrected chi connectivity index (χ3v) is 5.75. The smallest absolute Gasteiger partial charge is 0.196 e. The minimum atomic E-state index is 0.848. The van der Waals surface area contributed by atoms with E-state index in [1.807, 2.05) is 0 Å². The summed E-state index contributed by atoms with van der Waals surface area (Å²) in [6, 6.07) is 6.64. The van der Waals surface area contributed by atoms with Gasteiger partial charge >= 0.3 is 0 Å². The minimum Gasteiger partial charge on any atom is -0.379 e. The molecule has 1 saturated heterocycles. The Kier molecular flexibility index (Phi) is 4.67. The van der Waals surface area contributed by atoms with Crippen molar-refractivity contribution in [2.45, 2.75) is 25.9 Å². The summed E-state index contributed by atoms with van der Waals surface area (Å²) in [6.45, 7) is 11.3. The fraction of sp³-hybridized carbons (Fsp3) is 0.474. The first-order valence-corrected chi connectivity index (χ1v) is 9.80. The summed E-state index contributed by atoms with van der Waals surface area (Å²) in [4.78, 5) is 2.45. The molecule has 0 N–H and O–H groups in total. The average Bonchev–Trinajstić information content (AvgIpc) is 2.98. The van der Waals surface area contributed by atoms with E-state index in [0.29, 0.717) is 0 Å². The van der Waals surface area contributed by atoms with Crippen molar-refractivity contribution < 1.29 is 4.74 Å². The van der Waals surface area contributed by atoms with Crippen molar-refractivity contribution >= 4 is 28.3 Å². The summed E-state index contributed by atoms with van der Waals surface area (Å²) in [6.07, 6.45) is 0. The lowest BCUT2D eigenvalue weighted by Crippen LogP contribution is -2.37. The summed E-state index contributed by atoms with van der Waals surface area (Å²) in [7, 11) is 0. The van der Waals surface area contributed by atoms with Gasteiger partial charge in [-0.1, -0.05) is 23.4 Å². The zero-order chi connectivity index (χ0) is 17.4. The van der Waals surface area contributed by atoms with Crippen LogP contribution in [-0.4, -0.2) is 58.1 Å². The molecule has 132 valence electrons. The minimum absolute atomic E-state index is 0.848. The molecule has 0 radical (unpaired) electrons. The number of hydrogen-bond donors (Lipinski definition) is 0. The summed E-state index contributed by atoms with van der Waals surface area (Å²) in [5, 5.41) is 11.2. The summed E-state index contributed by atoms with van der Waals surface area (Å²) < 4.78 is 7.64. The van der Waals surface area contributed by atoms with E-state index < -0.39 is 0 Å². The van der Waals surface area contributed by atoms with Crippen LogP contribution in [0.25, 0.3) is 16.6 Å². The van der Waals surface area contributed by atoms with Crippen molar-refractivity contribution in [2.24, 2.45) is 0 Å². The zero-order valence-electron chi connectivity index (χ0n) is 15.1. The maximum atomic E-state index is 5.42. The van der Waals surface area contributed by atoms with E-state index in [1.54, 1.807) is 11.8 Å². The van der Waals surface area contributed by atoms with Gasteiger partial charge in [-0.2, -0.15) is 0 Å². The number of nitrogens with zero attached hydrogens (tertiary/aromatic N) is 4. The van der Waals surface area contributed by atoms with Gasteiger partial charge in [0.05, 0.1) is 18.7 Å². The van der Waals surface area contributed by atoms with Gasteiger partial charge in [0, 0.05) is 30.8 Å². The number of aryl methyl sites for hydroxylation is 3. The Labute approximate surface area is 152 Å². The Morgan fingerprint density at radius 3 is 2.64 bits per heavy atom. The van der Waals surface area contributed by atoms with Crippen LogP contribution in [0.4, 0.5) is 0 Å². The van der Waals surface area contributed by atoms with Crippen LogP contribution in [0.15, 0.2) is 23.4 Å². The van der Waals surface area contributed by atoms with Gasteiger partial charge in [-0.15, -0.1) is 10.2 Å². The molecule has 3 heterocycles. The van der Waals surface area contributed by atoms with Crippen molar-refractivity contribution in [1.82, 2.24) is 19.5 Å². The third kappa shape index (κ3) is 3.26. The van der Waals surface area contributed by atoms with E-state index in [1.165, 1.54) is 27.6 Å². The number of pyridine rings is 1. The number of hydrogen-bond acceptors (Lipinski definition) is 5. The molecule has 1 fully saturated rings. The van der Waals surface area contributed by atoms with Gasteiger partial charge in [-0.3, -0.25) is 9.30 Å². The highest BCUT2D eigenvalue weighted by atomic mass is 32.2. The van der Waals surface area contributed by atoms with Crippen molar-refractivity contribution in [2.75, 3.05) is 38.6 Å². The van der Waals surface area contributed by atoms with E-state index in [-0.39, 0.29) is 0 Å². The number of ether oxygens (including phenoxy) is 1. The molecule has 6 heteroatoms. The van der Waals surface area contributed by atoms with Crippen LogP contribution < -0.4 is 0 Å². The monoisotopic (exact) mass is 356 g/mol. The lowest BCUT2D eigenvalue weighted by atomic mass is 10.0. The van der Waals surface area contributed by atoms with Crippen LogP contribution in [0.1, 0.15) is 16.7 Å². The van der Waals surface area contributed by atoms with Gasteiger partial charge in [0.2, 0.25) is 0 Å². The molecular formula is C19H24N4OS. The van der Waals surface area contributed by atoms with Gasteiger partial charge in [-0.05, 0) is 44.0 Å². The molecule has 0 unspecified atom stereocenters. The molecule has 25 heavy (non-hydrogen) atoms. The van der Waals surface area contributed by atoms with Gasteiger partial charge in [0.1, 0.15) is 0 Å². The maximum absolute atomic E-state index is 5.42.